The van der Waals surface area contributed by atoms with E-state index in [9.17, 15) is 15.0 Å². The summed E-state index contributed by atoms with van der Waals surface area (Å²) < 4.78 is 1.58. The Morgan fingerprint density at radius 2 is 1.73 bits per heavy atom. The van der Waals surface area contributed by atoms with Gasteiger partial charge in [0.15, 0.2) is 11.3 Å². The highest BCUT2D eigenvalue weighted by atomic mass is 35.5. The number of fused-ring (bicyclic) bond motifs is 1. The lowest BCUT2D eigenvalue weighted by atomic mass is 9.90. The van der Waals surface area contributed by atoms with Crippen molar-refractivity contribution < 1.29 is 15.0 Å². The third-order valence-corrected chi connectivity index (χ3v) is 7.17. The molecule has 5 N–H and O–H groups in total. The monoisotopic (exact) mass is 528 g/mol. The Balaban J connectivity index is 1.33. The molecule has 3 aromatic heterocycles. The van der Waals surface area contributed by atoms with Gasteiger partial charge in [-0.15, -0.1) is 5.10 Å². The van der Waals surface area contributed by atoms with E-state index in [1.807, 2.05) is 6.07 Å². The number of rotatable bonds is 11. The molecule has 0 aromatic carbocycles. The average Bonchev–Trinajstić information content (AvgIpc) is 3.59. The molecule has 0 aliphatic heterocycles. The number of nitrogens with one attached hydrogen (secondary N) is 3. The van der Waals surface area contributed by atoms with Gasteiger partial charge >= 0.3 is 0 Å². The van der Waals surface area contributed by atoms with Crippen molar-refractivity contribution in [1.29, 1.82) is 0 Å². The molecule has 0 radical (unpaired) electrons. The van der Waals surface area contributed by atoms with Crippen molar-refractivity contribution in [3.63, 3.8) is 0 Å². The second kappa shape index (κ2) is 11.6. The lowest BCUT2D eigenvalue weighted by Crippen LogP contribution is -2.43. The first-order chi connectivity index (χ1) is 18.0. The van der Waals surface area contributed by atoms with E-state index in [0.717, 1.165) is 44.2 Å². The lowest BCUT2D eigenvalue weighted by Gasteiger charge is -2.36. The summed E-state index contributed by atoms with van der Waals surface area (Å²) in [6.45, 7) is 1.34. The van der Waals surface area contributed by atoms with E-state index in [4.69, 9.17) is 16.7 Å². The third kappa shape index (κ3) is 6.30. The molecule has 37 heavy (non-hydrogen) atoms. The summed E-state index contributed by atoms with van der Waals surface area (Å²) in [4.78, 5) is 23.7. The van der Waals surface area contributed by atoms with Gasteiger partial charge in [-0.3, -0.25) is 9.69 Å². The normalized spacial score (nSPS) is 19.8. The molecule has 198 valence electrons. The molecule has 0 spiro atoms. The second-order valence-corrected chi connectivity index (χ2v) is 10.1. The maximum absolute atomic E-state index is 13.1. The number of imidazole rings is 1. The number of amides is 1. The molecule has 12 heteroatoms. The van der Waals surface area contributed by atoms with Crippen molar-refractivity contribution in [2.75, 3.05) is 42.3 Å². The number of carbonyl (C=O) groups is 1. The zero-order valence-corrected chi connectivity index (χ0v) is 21.4. The highest BCUT2D eigenvalue weighted by Gasteiger charge is 2.27. The average molecular weight is 529 g/mol. The molecule has 0 atom stereocenters. The molecule has 11 nitrogen and oxygen atoms in total. The number of carbonyl (C=O) groups excluding carboxylic acids is 1. The van der Waals surface area contributed by atoms with Crippen molar-refractivity contribution in [2.24, 2.45) is 0 Å². The number of anilines is 3. The van der Waals surface area contributed by atoms with Crippen LogP contribution in [0.5, 0.6) is 0 Å². The largest absolute Gasteiger partial charge is 0.395 e. The van der Waals surface area contributed by atoms with E-state index in [2.05, 4.69) is 30.8 Å². The summed E-state index contributed by atoms with van der Waals surface area (Å²) in [5.41, 5.74) is 2.30. The number of nitrogens with zero attached hydrogens (tertiary/aromatic N) is 5. The fourth-order valence-electron chi connectivity index (χ4n) is 4.95. The van der Waals surface area contributed by atoms with E-state index >= 15 is 0 Å². The number of aliphatic hydroxyl groups is 2. The van der Waals surface area contributed by atoms with Gasteiger partial charge < -0.3 is 26.2 Å². The number of pyridine rings is 1. The van der Waals surface area contributed by atoms with Crippen LogP contribution >= 0.6 is 11.6 Å². The maximum atomic E-state index is 13.1. The minimum absolute atomic E-state index is 0.0912. The molecule has 5 rings (SSSR count). The van der Waals surface area contributed by atoms with Gasteiger partial charge in [-0.25, -0.2) is 14.5 Å². The second-order valence-electron chi connectivity index (χ2n) is 9.70. The SMILES string of the molecule is O=C(Nc1ccnc(Cl)c1)c1cnc2c(NC3CC3)cc(NC3CCC(N(CCO)CCO)CC3)nn12. The Morgan fingerprint density at radius 3 is 2.41 bits per heavy atom. The molecule has 1 amide bonds. The molecule has 0 unspecified atom stereocenters. The Labute approximate surface area is 220 Å². The number of hydrogen-bond acceptors (Lipinski definition) is 9. The van der Waals surface area contributed by atoms with Gasteiger partial charge in [-0.1, -0.05) is 11.6 Å². The van der Waals surface area contributed by atoms with E-state index in [0.29, 0.717) is 53.2 Å². The Morgan fingerprint density at radius 1 is 1.03 bits per heavy atom. The highest BCUT2D eigenvalue weighted by molar-refractivity contribution is 6.29. The Hall–Kier alpha value is -2.99. The quantitative estimate of drug-likeness (QED) is 0.237. The Kier molecular flexibility index (Phi) is 8.04. The van der Waals surface area contributed by atoms with Gasteiger partial charge in [-0.2, -0.15) is 0 Å². The summed E-state index contributed by atoms with van der Waals surface area (Å²) in [5, 5.41) is 33.7. The fraction of sp³-hybridized carbons (Fsp3) is 0.520. The minimum Gasteiger partial charge on any atom is -0.395 e. The molecule has 3 aromatic rings. The predicted octanol–water partition coefficient (Wildman–Crippen LogP) is 2.61. The highest BCUT2D eigenvalue weighted by Crippen LogP contribution is 2.30. The van der Waals surface area contributed by atoms with Crippen molar-refractivity contribution in [2.45, 2.75) is 56.7 Å². The standard InChI is InChI=1S/C25H33ClN8O3/c26-22-13-18(7-8-27-22)31-25(37)21-15-28-24-20(29-16-1-2-16)14-23(32-34(21)24)30-17-3-5-19(6-4-17)33(9-11-35)10-12-36/h7-8,13-17,19,29,35-36H,1-6,9-12H2,(H,30,32)(H,27,31,37). The van der Waals surface area contributed by atoms with Gasteiger partial charge in [0.05, 0.1) is 25.1 Å². The zero-order chi connectivity index (χ0) is 25.8. The van der Waals surface area contributed by atoms with Crippen molar-refractivity contribution >= 4 is 40.3 Å². The van der Waals surface area contributed by atoms with Gasteiger partial charge in [0.2, 0.25) is 0 Å². The van der Waals surface area contributed by atoms with Crippen LogP contribution < -0.4 is 16.0 Å². The molecular weight excluding hydrogens is 496 g/mol. The summed E-state index contributed by atoms with van der Waals surface area (Å²) in [6, 6.07) is 6.23. The molecule has 3 heterocycles. The number of hydrogen-bond donors (Lipinski definition) is 5. The van der Waals surface area contributed by atoms with Gasteiger partial charge in [0, 0.05) is 49.2 Å². The van der Waals surface area contributed by atoms with E-state index < -0.39 is 0 Å². The van der Waals surface area contributed by atoms with Crippen LogP contribution in [0.25, 0.3) is 5.65 Å². The summed E-state index contributed by atoms with van der Waals surface area (Å²) in [6.07, 6.45) is 9.12. The molecule has 2 aliphatic rings. The zero-order valence-electron chi connectivity index (χ0n) is 20.6. The Bertz CT molecular complexity index is 1220. The first-order valence-corrected chi connectivity index (χ1v) is 13.2. The van der Waals surface area contributed by atoms with Crippen LogP contribution in [0.3, 0.4) is 0 Å². The predicted molar refractivity (Wildman–Crippen MR) is 142 cm³/mol. The van der Waals surface area contributed by atoms with Gasteiger partial charge in [0.25, 0.3) is 5.91 Å². The molecular formula is C25H33ClN8O3. The molecule has 2 aliphatic carbocycles. The third-order valence-electron chi connectivity index (χ3n) is 6.96. The summed E-state index contributed by atoms with van der Waals surface area (Å²) in [7, 11) is 0. The van der Waals surface area contributed by atoms with Gasteiger partial charge in [-0.05, 0) is 50.7 Å². The topological polar surface area (TPSA) is 140 Å². The minimum atomic E-state index is -0.342. The van der Waals surface area contributed by atoms with Gasteiger partial charge in [0.1, 0.15) is 11.0 Å². The van der Waals surface area contributed by atoms with Crippen LogP contribution in [0.15, 0.2) is 30.6 Å². The van der Waals surface area contributed by atoms with Crippen LogP contribution in [0.4, 0.5) is 17.2 Å². The van der Waals surface area contributed by atoms with E-state index in [1.54, 1.807) is 16.6 Å². The van der Waals surface area contributed by atoms with Crippen LogP contribution in [0, 0.1) is 0 Å². The number of halogens is 1. The van der Waals surface area contributed by atoms with Crippen molar-refractivity contribution in [3.8, 4) is 0 Å². The first-order valence-electron chi connectivity index (χ1n) is 12.8. The van der Waals surface area contributed by atoms with Crippen molar-refractivity contribution in [1.82, 2.24) is 24.5 Å². The van der Waals surface area contributed by atoms with Crippen LogP contribution in [0.1, 0.15) is 49.0 Å². The maximum Gasteiger partial charge on any atom is 0.276 e. The smallest absolute Gasteiger partial charge is 0.276 e. The molecule has 0 bridgehead atoms. The molecule has 0 saturated heterocycles. The lowest BCUT2D eigenvalue weighted by molar-refractivity contribution is 0.0992. The number of aliphatic hydroxyl groups excluding tert-OH is 2. The summed E-state index contributed by atoms with van der Waals surface area (Å²) in [5.74, 6) is 0.339. The van der Waals surface area contributed by atoms with Crippen molar-refractivity contribution in [3.05, 3.63) is 41.4 Å². The van der Waals surface area contributed by atoms with E-state index in [-0.39, 0.29) is 25.2 Å². The first kappa shape index (κ1) is 25.7. The fourth-order valence-corrected chi connectivity index (χ4v) is 5.13. The molecule has 2 fully saturated rings. The summed E-state index contributed by atoms with van der Waals surface area (Å²) >= 11 is 5.96. The van der Waals surface area contributed by atoms with Crippen LogP contribution in [-0.2, 0) is 0 Å². The van der Waals surface area contributed by atoms with E-state index in [1.165, 1.54) is 12.4 Å². The van der Waals surface area contributed by atoms with Crippen LogP contribution in [-0.4, -0.2) is 85.0 Å². The molecule has 2 saturated carbocycles. The number of aromatic nitrogens is 4. The van der Waals surface area contributed by atoms with Crippen LogP contribution in [0.2, 0.25) is 5.15 Å².